The Hall–Kier alpha value is -0.130. The van der Waals surface area contributed by atoms with Crippen LogP contribution in [0, 0.1) is 0 Å². The van der Waals surface area contributed by atoms with Crippen molar-refractivity contribution in [2.24, 2.45) is 5.73 Å². The highest BCUT2D eigenvalue weighted by Gasteiger charge is 2.29. The molecule has 0 aromatic rings. The molecule has 0 aliphatic carbocycles. The number of nitrogens with two attached hydrogens (primary N) is 1. The highest BCUT2D eigenvalue weighted by molar-refractivity contribution is 7.91. The predicted octanol–water partition coefficient (Wildman–Crippen LogP) is 1.26. The molecule has 0 radical (unpaired) electrons. The maximum Gasteiger partial charge on any atom is 0.151 e. The van der Waals surface area contributed by atoms with Crippen molar-refractivity contribution in [2.75, 3.05) is 31.6 Å². The van der Waals surface area contributed by atoms with Crippen LogP contribution in [0.5, 0.6) is 0 Å². The first-order valence-corrected chi connectivity index (χ1v) is 8.31. The molecule has 0 spiro atoms. The first kappa shape index (κ1) is 16.9. The first-order chi connectivity index (χ1) is 7.87. The Morgan fingerprint density at radius 2 is 1.65 bits per heavy atom. The third kappa shape index (κ3) is 4.94. The van der Waals surface area contributed by atoms with E-state index in [0.29, 0.717) is 19.5 Å². The second kappa shape index (κ2) is 7.34. The summed E-state index contributed by atoms with van der Waals surface area (Å²) in [7, 11) is -0.921. The fourth-order valence-corrected chi connectivity index (χ4v) is 3.54. The lowest BCUT2D eigenvalue weighted by atomic mass is 9.91. The van der Waals surface area contributed by atoms with Crippen molar-refractivity contribution in [1.82, 2.24) is 4.90 Å². The predicted molar refractivity (Wildman–Crippen MR) is 73.9 cm³/mol. The molecule has 0 aliphatic heterocycles. The highest BCUT2D eigenvalue weighted by atomic mass is 32.2. The van der Waals surface area contributed by atoms with E-state index in [1.165, 1.54) is 0 Å². The lowest BCUT2D eigenvalue weighted by Crippen LogP contribution is -2.52. The van der Waals surface area contributed by atoms with Crippen LogP contribution in [0.3, 0.4) is 0 Å². The van der Waals surface area contributed by atoms with Gasteiger partial charge in [-0.2, -0.15) is 0 Å². The molecule has 0 rings (SSSR count). The molecule has 0 atom stereocenters. The second-order valence-electron chi connectivity index (χ2n) is 4.71. The van der Waals surface area contributed by atoms with Gasteiger partial charge in [0.05, 0.1) is 5.75 Å². The van der Waals surface area contributed by atoms with Gasteiger partial charge in [0.1, 0.15) is 0 Å². The maximum atomic E-state index is 11.7. The van der Waals surface area contributed by atoms with Crippen LogP contribution in [-0.2, 0) is 9.84 Å². The third-order valence-electron chi connectivity index (χ3n) is 3.76. The number of sulfone groups is 1. The van der Waals surface area contributed by atoms with Crippen LogP contribution in [0.1, 0.15) is 40.0 Å². The van der Waals surface area contributed by atoms with Crippen molar-refractivity contribution < 1.29 is 8.42 Å². The van der Waals surface area contributed by atoms with Crippen LogP contribution in [0.4, 0.5) is 0 Å². The minimum absolute atomic E-state index is 0.0538. The van der Waals surface area contributed by atoms with E-state index in [1.807, 2.05) is 14.0 Å². The Balaban J connectivity index is 4.48. The minimum atomic E-state index is -2.89. The smallest absolute Gasteiger partial charge is 0.151 e. The molecule has 17 heavy (non-hydrogen) atoms. The van der Waals surface area contributed by atoms with E-state index in [1.54, 1.807) is 0 Å². The van der Waals surface area contributed by atoms with E-state index < -0.39 is 9.84 Å². The van der Waals surface area contributed by atoms with Crippen LogP contribution in [-0.4, -0.2) is 50.5 Å². The molecule has 0 unspecified atom stereocenters. The summed E-state index contributed by atoms with van der Waals surface area (Å²) in [6.45, 7) is 7.25. The summed E-state index contributed by atoms with van der Waals surface area (Å²) < 4.78 is 23.3. The number of hydrogen-bond acceptors (Lipinski definition) is 4. The Kier molecular flexibility index (Phi) is 7.28. The summed E-state index contributed by atoms with van der Waals surface area (Å²) in [5.41, 5.74) is 5.78. The molecule has 0 aromatic carbocycles. The average Bonchev–Trinajstić information content (AvgIpc) is 2.29. The van der Waals surface area contributed by atoms with Crippen molar-refractivity contribution in [1.29, 1.82) is 0 Å². The first-order valence-electron chi connectivity index (χ1n) is 6.49. The minimum Gasteiger partial charge on any atom is -0.329 e. The summed E-state index contributed by atoms with van der Waals surface area (Å²) in [6.07, 6.45) is 2.59. The van der Waals surface area contributed by atoms with Gasteiger partial charge in [-0.25, -0.2) is 8.42 Å². The van der Waals surface area contributed by atoms with Gasteiger partial charge in [-0.1, -0.05) is 20.8 Å². The molecule has 0 aliphatic rings. The lowest BCUT2D eigenvalue weighted by Gasteiger charge is -2.40. The molecule has 0 aromatic heterocycles. The van der Waals surface area contributed by atoms with E-state index in [0.717, 1.165) is 12.8 Å². The van der Waals surface area contributed by atoms with Gasteiger partial charge in [0.25, 0.3) is 0 Å². The lowest BCUT2D eigenvalue weighted by molar-refractivity contribution is 0.123. The molecular formula is C12H28N2O2S. The molecule has 2 N–H and O–H groups in total. The Labute approximate surface area is 106 Å². The van der Waals surface area contributed by atoms with Gasteiger partial charge in [0.15, 0.2) is 9.84 Å². The zero-order chi connectivity index (χ0) is 13.5. The molecule has 5 heteroatoms. The number of nitrogens with zero attached hydrogens (tertiary/aromatic N) is 1. The molecular weight excluding hydrogens is 236 g/mol. The van der Waals surface area contributed by atoms with E-state index in [-0.39, 0.29) is 17.0 Å². The Bertz CT molecular complexity index is 289. The highest BCUT2D eigenvalue weighted by Crippen LogP contribution is 2.21. The Morgan fingerprint density at radius 3 is 2.00 bits per heavy atom. The molecule has 4 nitrogen and oxygen atoms in total. The van der Waals surface area contributed by atoms with Gasteiger partial charge in [0, 0.05) is 24.4 Å². The van der Waals surface area contributed by atoms with Crippen molar-refractivity contribution in [2.45, 2.75) is 45.6 Å². The largest absolute Gasteiger partial charge is 0.329 e. The number of hydrogen-bond donors (Lipinski definition) is 1. The van der Waals surface area contributed by atoms with Gasteiger partial charge >= 0.3 is 0 Å². The van der Waals surface area contributed by atoms with Crippen molar-refractivity contribution >= 4 is 9.84 Å². The van der Waals surface area contributed by atoms with Crippen molar-refractivity contribution in [3.8, 4) is 0 Å². The second-order valence-corrected chi connectivity index (χ2v) is 7.01. The number of rotatable bonds is 9. The van der Waals surface area contributed by atoms with E-state index >= 15 is 0 Å². The van der Waals surface area contributed by atoms with Gasteiger partial charge in [-0.05, 0) is 26.3 Å². The maximum absolute atomic E-state index is 11.7. The van der Waals surface area contributed by atoms with E-state index in [2.05, 4.69) is 18.7 Å². The zero-order valence-electron chi connectivity index (χ0n) is 11.7. The topological polar surface area (TPSA) is 63.4 Å². The standard InChI is InChI=1S/C12H28N2O2S/c1-5-9-17(15,16)10-8-14(4)12(6-2,7-3)11-13/h5-11,13H2,1-4H3. The summed E-state index contributed by atoms with van der Waals surface area (Å²) in [5.74, 6) is 0.522. The summed E-state index contributed by atoms with van der Waals surface area (Å²) in [4.78, 5) is 2.11. The van der Waals surface area contributed by atoms with Crippen LogP contribution >= 0.6 is 0 Å². The molecule has 0 bridgehead atoms. The Morgan fingerprint density at radius 1 is 1.12 bits per heavy atom. The SMILES string of the molecule is CCCS(=O)(=O)CCN(C)C(CC)(CC)CN. The molecule has 0 saturated heterocycles. The van der Waals surface area contributed by atoms with Gasteiger partial charge in [-0.15, -0.1) is 0 Å². The van der Waals surface area contributed by atoms with Crippen molar-refractivity contribution in [3.63, 3.8) is 0 Å². The van der Waals surface area contributed by atoms with E-state index in [9.17, 15) is 8.42 Å². The molecule has 0 fully saturated rings. The summed E-state index contributed by atoms with van der Waals surface area (Å²) >= 11 is 0. The normalized spacial score (nSPS) is 13.3. The van der Waals surface area contributed by atoms with Crippen LogP contribution in [0.15, 0.2) is 0 Å². The van der Waals surface area contributed by atoms with Crippen LogP contribution in [0.2, 0.25) is 0 Å². The monoisotopic (exact) mass is 264 g/mol. The molecule has 104 valence electrons. The summed E-state index contributed by atoms with van der Waals surface area (Å²) in [6, 6.07) is 0. The molecule has 0 amide bonds. The molecule has 0 heterocycles. The van der Waals surface area contributed by atoms with E-state index in [4.69, 9.17) is 5.73 Å². The number of likely N-dealkylation sites (N-methyl/N-ethyl adjacent to an activating group) is 1. The summed E-state index contributed by atoms with van der Waals surface area (Å²) in [5, 5.41) is 0. The van der Waals surface area contributed by atoms with Gasteiger partial charge in [0.2, 0.25) is 0 Å². The van der Waals surface area contributed by atoms with Crippen LogP contribution in [0.25, 0.3) is 0 Å². The van der Waals surface area contributed by atoms with Crippen LogP contribution < -0.4 is 5.73 Å². The molecule has 0 saturated carbocycles. The quantitative estimate of drug-likeness (QED) is 0.681. The average molecular weight is 264 g/mol. The van der Waals surface area contributed by atoms with Crippen molar-refractivity contribution in [3.05, 3.63) is 0 Å². The zero-order valence-corrected chi connectivity index (χ0v) is 12.5. The van der Waals surface area contributed by atoms with Gasteiger partial charge in [-0.3, -0.25) is 4.90 Å². The van der Waals surface area contributed by atoms with Gasteiger partial charge < -0.3 is 5.73 Å². The third-order valence-corrected chi connectivity index (χ3v) is 5.59. The fraction of sp³-hybridized carbons (Fsp3) is 1.00. The fourth-order valence-electron chi connectivity index (χ4n) is 2.16.